The molecule has 0 fully saturated rings. The smallest absolute Gasteiger partial charge is 0.317 e. The van der Waals surface area contributed by atoms with E-state index >= 15 is 0 Å². The van der Waals surface area contributed by atoms with Gasteiger partial charge in [0, 0.05) is 0 Å². The maximum Gasteiger partial charge on any atom is 0.317 e. The average molecular weight is 558 g/mol. The van der Waals surface area contributed by atoms with Gasteiger partial charge >= 0.3 is 29.8 Å². The molecule has 0 saturated carbocycles. The Hall–Kier alpha value is -1.40. The zero-order valence-electron chi connectivity index (χ0n) is 15.2. The molecule has 0 amide bonds. The molecule has 15 nitrogen and oxygen atoms in total. The van der Waals surface area contributed by atoms with Gasteiger partial charge in [-0.1, -0.05) is 0 Å². The average Bonchev–Trinajstić information content (AvgIpc) is 2.56. The van der Waals surface area contributed by atoms with Crippen molar-refractivity contribution in [3.63, 3.8) is 0 Å². The zero-order chi connectivity index (χ0) is 21.4. The van der Waals surface area contributed by atoms with Crippen LogP contribution in [-0.2, 0) is 24.0 Å². The topological polar surface area (TPSA) is 317 Å². The first-order valence-electron chi connectivity index (χ1n) is 5.95. The van der Waals surface area contributed by atoms with Crippen molar-refractivity contribution in [1.29, 1.82) is 0 Å². The Kier molecular flexibility index (Phi) is 118. The number of carboxylic acid groups (broad SMARTS) is 5. The highest BCUT2D eigenvalue weighted by Crippen LogP contribution is 1.45. The third kappa shape index (κ3) is 236. The Morgan fingerprint density at radius 2 is 0.400 bits per heavy atom. The van der Waals surface area contributed by atoms with Crippen molar-refractivity contribution in [2.24, 2.45) is 28.7 Å². The zero-order valence-corrected chi connectivity index (χ0v) is 19.3. The third-order valence-electron chi connectivity index (χ3n) is 0.873. The van der Waals surface area contributed by atoms with Crippen LogP contribution in [0, 0.1) is 0 Å². The monoisotopic (exact) mass is 555 g/mol. The quantitative estimate of drug-likeness (QED) is 0.164. The fourth-order valence-electron chi connectivity index (χ4n) is 0. The number of nitrogens with two attached hydrogens (primary N) is 5. The molecule has 0 aromatic heterocycles. The highest BCUT2D eigenvalue weighted by molar-refractivity contribution is 5.86. The van der Waals surface area contributed by atoms with Crippen molar-refractivity contribution in [2.45, 2.75) is 0 Å². The van der Waals surface area contributed by atoms with Crippen molar-refractivity contribution in [2.75, 3.05) is 32.7 Å². The Morgan fingerprint density at radius 3 is 0.400 bits per heavy atom. The number of hydrogen-bond donors (Lipinski definition) is 10. The summed E-state index contributed by atoms with van der Waals surface area (Å²) in [7, 11) is 0. The van der Waals surface area contributed by atoms with E-state index in [2.05, 4.69) is 28.7 Å². The van der Waals surface area contributed by atoms with Crippen molar-refractivity contribution in [3.8, 4) is 0 Å². The van der Waals surface area contributed by atoms with Crippen LogP contribution in [0.15, 0.2) is 0 Å². The molecule has 0 aliphatic rings. The van der Waals surface area contributed by atoms with Gasteiger partial charge in [0.2, 0.25) is 0 Å². The van der Waals surface area contributed by atoms with Crippen molar-refractivity contribution in [3.05, 3.63) is 0 Å². The molecule has 0 aliphatic heterocycles. The first kappa shape index (κ1) is 63.0. The summed E-state index contributed by atoms with van der Waals surface area (Å²) in [5.74, 6) is -4.84. The van der Waals surface area contributed by atoms with Gasteiger partial charge in [-0.3, -0.25) is 24.0 Å². The summed E-state index contributed by atoms with van der Waals surface area (Å²) in [6.07, 6.45) is 0. The van der Waals surface area contributed by atoms with Gasteiger partial charge < -0.3 is 54.2 Å². The van der Waals surface area contributed by atoms with E-state index in [4.69, 9.17) is 25.5 Å². The number of aliphatic carboxylic acids is 5. The SMILES string of the molecule is Cl.Cl.Cl.Cl.Cl.NCC(=O)O.NCC(=O)O.NCC(=O)O.NCC(=O)O.NCC(=O)O. The highest BCUT2D eigenvalue weighted by atomic mass is 35.5. The van der Waals surface area contributed by atoms with Gasteiger partial charge in [-0.25, -0.2) is 0 Å². The Balaban J connectivity index is -0.0000000200. The van der Waals surface area contributed by atoms with Gasteiger partial charge in [0.25, 0.3) is 0 Å². The van der Waals surface area contributed by atoms with Crippen LogP contribution in [0.5, 0.6) is 0 Å². The van der Waals surface area contributed by atoms with E-state index in [-0.39, 0.29) is 94.8 Å². The number of hydrogen-bond acceptors (Lipinski definition) is 10. The van der Waals surface area contributed by atoms with Crippen LogP contribution in [-0.4, -0.2) is 88.1 Å². The minimum absolute atomic E-state index is 0. The molecule has 15 N–H and O–H groups in total. The molecule has 0 unspecified atom stereocenters. The molecular weight excluding hydrogens is 527 g/mol. The molecular formula is C10H30Cl5N5O10. The largest absolute Gasteiger partial charge is 0.480 e. The number of rotatable bonds is 5. The van der Waals surface area contributed by atoms with Gasteiger partial charge in [-0.05, 0) is 0 Å². The molecule has 30 heavy (non-hydrogen) atoms. The van der Waals surface area contributed by atoms with Crippen LogP contribution in [0.3, 0.4) is 0 Å². The molecule has 20 heteroatoms. The first-order valence-corrected chi connectivity index (χ1v) is 5.95. The highest BCUT2D eigenvalue weighted by Gasteiger charge is 1.82. The Labute approximate surface area is 202 Å². The van der Waals surface area contributed by atoms with Crippen LogP contribution in [0.1, 0.15) is 0 Å². The van der Waals surface area contributed by atoms with Gasteiger partial charge in [0.1, 0.15) is 0 Å². The van der Waals surface area contributed by atoms with E-state index in [0.717, 1.165) is 0 Å². The van der Waals surface area contributed by atoms with Gasteiger partial charge in [0.05, 0.1) is 32.7 Å². The Morgan fingerprint density at radius 1 is 0.367 bits per heavy atom. The van der Waals surface area contributed by atoms with Crippen molar-refractivity contribution >= 4 is 91.9 Å². The van der Waals surface area contributed by atoms with E-state index < -0.39 is 29.8 Å². The number of carboxylic acids is 5. The standard InChI is InChI=1S/5C2H5NO2.5ClH/c5*3-1-2(4)5;;;;;/h5*1,3H2,(H,4,5);5*1H. The Bertz CT molecular complexity index is 315. The maximum absolute atomic E-state index is 9.24. The summed E-state index contributed by atoms with van der Waals surface area (Å²) in [5, 5.41) is 38.0. The van der Waals surface area contributed by atoms with Crippen molar-refractivity contribution < 1.29 is 49.5 Å². The molecule has 0 heterocycles. The third-order valence-corrected chi connectivity index (χ3v) is 0.873. The second-order valence-electron chi connectivity index (χ2n) is 2.99. The fourth-order valence-corrected chi connectivity index (χ4v) is 0. The minimum atomic E-state index is -0.968. The fraction of sp³-hybridized carbons (Fsp3) is 0.500. The summed E-state index contributed by atoms with van der Waals surface area (Å²) in [6.45, 7) is -1.39. The van der Waals surface area contributed by atoms with Crippen LogP contribution in [0.4, 0.5) is 0 Å². The molecule has 0 rings (SSSR count). The molecule has 0 aliphatic carbocycles. The number of carbonyl (C=O) groups is 5. The molecule has 0 atom stereocenters. The lowest BCUT2D eigenvalue weighted by molar-refractivity contribution is -0.136. The summed E-state index contributed by atoms with van der Waals surface area (Å²) >= 11 is 0. The predicted octanol–water partition coefficient (Wildman–Crippen LogP) is -2.74. The minimum Gasteiger partial charge on any atom is -0.480 e. The second kappa shape index (κ2) is 56.4. The lowest BCUT2D eigenvalue weighted by atomic mass is 10.7. The van der Waals surface area contributed by atoms with E-state index in [0.29, 0.717) is 0 Å². The van der Waals surface area contributed by atoms with Crippen LogP contribution >= 0.6 is 62.0 Å². The van der Waals surface area contributed by atoms with Gasteiger partial charge in [0.15, 0.2) is 0 Å². The summed E-state index contributed by atoms with van der Waals surface area (Å²) in [6, 6.07) is 0. The lowest BCUT2D eigenvalue weighted by Gasteiger charge is -1.73. The molecule has 0 bridgehead atoms. The second-order valence-corrected chi connectivity index (χ2v) is 2.99. The van der Waals surface area contributed by atoms with Gasteiger partial charge in [-0.2, -0.15) is 0 Å². The normalized spacial score (nSPS) is 6.17. The first-order chi connectivity index (χ1) is 11.4. The molecule has 0 aromatic carbocycles. The molecule has 0 saturated heterocycles. The van der Waals surface area contributed by atoms with E-state index in [1.165, 1.54) is 0 Å². The summed E-state index contributed by atoms with van der Waals surface area (Å²) in [5.41, 5.74) is 22.9. The lowest BCUT2D eigenvalue weighted by Crippen LogP contribution is -2.10. The van der Waals surface area contributed by atoms with Crippen LogP contribution in [0.2, 0.25) is 0 Å². The number of halogens is 5. The summed E-state index contributed by atoms with van der Waals surface area (Å²) < 4.78 is 0. The van der Waals surface area contributed by atoms with Crippen molar-refractivity contribution in [1.82, 2.24) is 0 Å². The van der Waals surface area contributed by atoms with E-state index in [1.54, 1.807) is 0 Å². The predicted molar refractivity (Wildman–Crippen MR) is 120 cm³/mol. The van der Waals surface area contributed by atoms with E-state index in [9.17, 15) is 24.0 Å². The molecule has 0 radical (unpaired) electrons. The van der Waals surface area contributed by atoms with Crippen LogP contribution in [0.25, 0.3) is 0 Å². The van der Waals surface area contributed by atoms with Crippen LogP contribution < -0.4 is 28.7 Å². The maximum atomic E-state index is 9.24. The summed E-state index contributed by atoms with van der Waals surface area (Å²) in [4.78, 5) is 46.2. The molecule has 190 valence electrons. The van der Waals surface area contributed by atoms with Gasteiger partial charge in [-0.15, -0.1) is 62.0 Å². The molecule has 0 spiro atoms. The van der Waals surface area contributed by atoms with E-state index in [1.807, 2.05) is 0 Å². The molecule has 0 aromatic rings.